The Hall–Kier alpha value is -4.40. The summed E-state index contributed by atoms with van der Waals surface area (Å²) in [5.74, 6) is -0.181. The number of likely N-dealkylation sites (tertiary alicyclic amines) is 1. The minimum Gasteiger partial charge on any atom is -0.349 e. The first-order valence-electron chi connectivity index (χ1n) is 12.8. The zero-order valence-electron chi connectivity index (χ0n) is 21.7. The first-order valence-corrected chi connectivity index (χ1v) is 12.8. The van der Waals surface area contributed by atoms with Crippen LogP contribution in [0.5, 0.6) is 0 Å². The van der Waals surface area contributed by atoms with Gasteiger partial charge in [0, 0.05) is 24.2 Å². The second-order valence-electron chi connectivity index (χ2n) is 9.85. The van der Waals surface area contributed by atoms with Gasteiger partial charge in [0.25, 0.3) is 11.8 Å². The molecule has 7 nitrogen and oxygen atoms in total. The van der Waals surface area contributed by atoms with E-state index < -0.39 is 5.41 Å². The Morgan fingerprint density at radius 2 is 1.51 bits per heavy atom. The molecule has 200 valence electrons. The molecule has 2 heterocycles. The number of hydrogen-bond acceptors (Lipinski definition) is 5. The standard InChI is InChI=1S/C30H28F2N4O3/c1-19(21-7-11-25(31)12-8-21)33-29(38)30(24-9-13-26(32)14-10-24)15-17-36(18-16-30)28(37)23-5-3-22(4-6-23)27-34-20(2)35-39-27/h3-14,19H,15-18H2,1-2H3,(H,33,38). The highest BCUT2D eigenvalue weighted by atomic mass is 19.1. The van der Waals surface area contributed by atoms with Crippen LogP contribution in [0, 0.1) is 18.6 Å². The number of amides is 2. The molecule has 0 saturated carbocycles. The van der Waals surface area contributed by atoms with Crippen LogP contribution in [0.15, 0.2) is 77.3 Å². The topological polar surface area (TPSA) is 88.3 Å². The van der Waals surface area contributed by atoms with Crippen molar-refractivity contribution in [3.63, 3.8) is 0 Å². The number of aromatic nitrogens is 2. The Kier molecular flexibility index (Phi) is 7.24. The Balaban J connectivity index is 1.33. The van der Waals surface area contributed by atoms with Gasteiger partial charge in [-0.1, -0.05) is 29.4 Å². The zero-order chi connectivity index (χ0) is 27.6. The van der Waals surface area contributed by atoms with Gasteiger partial charge in [-0.2, -0.15) is 4.98 Å². The lowest BCUT2D eigenvalue weighted by atomic mass is 9.71. The van der Waals surface area contributed by atoms with E-state index in [9.17, 15) is 18.4 Å². The van der Waals surface area contributed by atoms with Gasteiger partial charge < -0.3 is 14.7 Å². The Bertz CT molecular complexity index is 1460. The van der Waals surface area contributed by atoms with Gasteiger partial charge in [0.05, 0.1) is 11.5 Å². The lowest BCUT2D eigenvalue weighted by Gasteiger charge is -2.41. The number of piperidine rings is 1. The van der Waals surface area contributed by atoms with Crippen LogP contribution in [0.1, 0.15) is 53.1 Å². The number of rotatable bonds is 6. The van der Waals surface area contributed by atoms with Crippen molar-refractivity contribution >= 4 is 11.8 Å². The highest BCUT2D eigenvalue weighted by molar-refractivity contribution is 5.95. The zero-order valence-corrected chi connectivity index (χ0v) is 21.7. The molecule has 1 atom stereocenters. The first kappa shape index (κ1) is 26.2. The molecule has 39 heavy (non-hydrogen) atoms. The van der Waals surface area contributed by atoms with Crippen molar-refractivity contribution in [2.24, 2.45) is 0 Å². The molecular weight excluding hydrogens is 502 g/mol. The van der Waals surface area contributed by atoms with Crippen molar-refractivity contribution in [2.75, 3.05) is 13.1 Å². The molecule has 5 rings (SSSR count). The normalized spacial score (nSPS) is 15.5. The van der Waals surface area contributed by atoms with Crippen LogP contribution in [0.25, 0.3) is 11.5 Å². The van der Waals surface area contributed by atoms with E-state index in [1.165, 1.54) is 24.3 Å². The van der Waals surface area contributed by atoms with Gasteiger partial charge in [-0.3, -0.25) is 9.59 Å². The molecule has 1 fully saturated rings. The quantitative estimate of drug-likeness (QED) is 0.362. The van der Waals surface area contributed by atoms with E-state index in [0.29, 0.717) is 54.3 Å². The SMILES string of the molecule is Cc1noc(-c2ccc(C(=O)N3CCC(C(=O)NC(C)c4ccc(F)cc4)(c4ccc(F)cc4)CC3)cc2)n1. The minimum atomic E-state index is -0.946. The van der Waals surface area contributed by atoms with Crippen LogP contribution in [0.2, 0.25) is 0 Å². The van der Waals surface area contributed by atoms with Gasteiger partial charge in [0.15, 0.2) is 5.82 Å². The molecule has 0 radical (unpaired) electrons. The van der Waals surface area contributed by atoms with E-state index in [1.54, 1.807) is 60.4 Å². The highest BCUT2D eigenvalue weighted by Crippen LogP contribution is 2.37. The molecule has 0 spiro atoms. The van der Waals surface area contributed by atoms with Crippen molar-refractivity contribution in [3.8, 4) is 11.5 Å². The van der Waals surface area contributed by atoms with Crippen molar-refractivity contribution in [1.29, 1.82) is 0 Å². The average Bonchev–Trinajstić information content (AvgIpc) is 3.39. The van der Waals surface area contributed by atoms with Crippen LogP contribution < -0.4 is 5.32 Å². The number of benzene rings is 3. The highest BCUT2D eigenvalue weighted by Gasteiger charge is 2.44. The maximum atomic E-state index is 13.8. The van der Waals surface area contributed by atoms with E-state index in [4.69, 9.17) is 4.52 Å². The third kappa shape index (κ3) is 5.43. The van der Waals surface area contributed by atoms with Crippen LogP contribution in [0.4, 0.5) is 8.78 Å². The summed E-state index contributed by atoms with van der Waals surface area (Å²) in [7, 11) is 0. The summed E-state index contributed by atoms with van der Waals surface area (Å²) in [4.78, 5) is 33.0. The smallest absolute Gasteiger partial charge is 0.257 e. The number of aryl methyl sites for hydroxylation is 1. The summed E-state index contributed by atoms with van der Waals surface area (Å²) in [5.41, 5.74) is 1.75. The fourth-order valence-corrected chi connectivity index (χ4v) is 5.03. The maximum Gasteiger partial charge on any atom is 0.257 e. The number of nitrogens with zero attached hydrogens (tertiary/aromatic N) is 3. The number of nitrogens with one attached hydrogen (secondary N) is 1. The van der Waals surface area contributed by atoms with Crippen molar-refractivity contribution < 1.29 is 22.9 Å². The van der Waals surface area contributed by atoms with Crippen LogP contribution in [0.3, 0.4) is 0 Å². The molecule has 4 aromatic rings. The monoisotopic (exact) mass is 530 g/mol. The van der Waals surface area contributed by atoms with Crippen LogP contribution in [-0.4, -0.2) is 39.9 Å². The molecule has 1 N–H and O–H groups in total. The van der Waals surface area contributed by atoms with E-state index in [2.05, 4.69) is 15.5 Å². The summed E-state index contributed by atoms with van der Waals surface area (Å²) in [6, 6.07) is 18.5. The Labute approximate surface area is 224 Å². The van der Waals surface area contributed by atoms with E-state index >= 15 is 0 Å². The molecular formula is C30H28F2N4O3. The van der Waals surface area contributed by atoms with E-state index in [-0.39, 0.29) is 29.5 Å². The first-order chi connectivity index (χ1) is 18.7. The third-order valence-corrected chi connectivity index (χ3v) is 7.36. The second kappa shape index (κ2) is 10.8. The molecule has 1 aliphatic rings. The Morgan fingerprint density at radius 3 is 2.08 bits per heavy atom. The van der Waals surface area contributed by atoms with Crippen LogP contribution >= 0.6 is 0 Å². The molecule has 1 unspecified atom stereocenters. The van der Waals surface area contributed by atoms with Crippen molar-refractivity contribution in [3.05, 3.63) is 107 Å². The van der Waals surface area contributed by atoms with Gasteiger partial charge in [0.2, 0.25) is 5.91 Å². The molecule has 1 aliphatic heterocycles. The van der Waals surface area contributed by atoms with Crippen molar-refractivity contribution in [1.82, 2.24) is 20.4 Å². The predicted octanol–water partition coefficient (Wildman–Crippen LogP) is 5.37. The average molecular weight is 531 g/mol. The molecule has 2 amide bonds. The minimum absolute atomic E-state index is 0.143. The second-order valence-corrected chi connectivity index (χ2v) is 9.85. The molecule has 9 heteroatoms. The van der Waals surface area contributed by atoms with Gasteiger partial charge in [-0.05, 0) is 86.3 Å². The lowest BCUT2D eigenvalue weighted by Crippen LogP contribution is -2.53. The van der Waals surface area contributed by atoms with Crippen molar-refractivity contribution in [2.45, 2.75) is 38.1 Å². The van der Waals surface area contributed by atoms with E-state index in [0.717, 1.165) is 5.56 Å². The summed E-state index contributed by atoms with van der Waals surface area (Å²) >= 11 is 0. The molecule has 0 bridgehead atoms. The summed E-state index contributed by atoms with van der Waals surface area (Å²) < 4.78 is 32.3. The molecule has 1 saturated heterocycles. The largest absolute Gasteiger partial charge is 0.349 e. The number of carbonyl (C=O) groups is 2. The molecule has 0 aliphatic carbocycles. The lowest BCUT2D eigenvalue weighted by molar-refractivity contribution is -0.129. The van der Waals surface area contributed by atoms with Gasteiger partial charge >= 0.3 is 0 Å². The summed E-state index contributed by atoms with van der Waals surface area (Å²) in [6.07, 6.45) is 0.734. The molecule has 3 aromatic carbocycles. The Morgan fingerprint density at radius 1 is 0.923 bits per heavy atom. The summed E-state index contributed by atoms with van der Waals surface area (Å²) in [6.45, 7) is 4.26. The fraction of sp³-hybridized carbons (Fsp3) is 0.267. The van der Waals surface area contributed by atoms with Gasteiger partial charge in [-0.15, -0.1) is 0 Å². The molecule has 1 aromatic heterocycles. The predicted molar refractivity (Wildman–Crippen MR) is 141 cm³/mol. The number of halogens is 2. The van der Waals surface area contributed by atoms with Crippen LogP contribution in [-0.2, 0) is 10.2 Å². The maximum absolute atomic E-state index is 13.8. The van der Waals surface area contributed by atoms with E-state index in [1.807, 2.05) is 6.92 Å². The fourth-order valence-electron chi connectivity index (χ4n) is 5.03. The van der Waals surface area contributed by atoms with Gasteiger partial charge in [0.1, 0.15) is 11.6 Å². The summed E-state index contributed by atoms with van der Waals surface area (Å²) in [5, 5.41) is 6.85. The number of hydrogen-bond donors (Lipinski definition) is 1. The third-order valence-electron chi connectivity index (χ3n) is 7.36. The van der Waals surface area contributed by atoms with Gasteiger partial charge in [-0.25, -0.2) is 8.78 Å². The number of carbonyl (C=O) groups excluding carboxylic acids is 2.